The summed E-state index contributed by atoms with van der Waals surface area (Å²) in [5, 5.41) is 3.44. The van der Waals surface area contributed by atoms with Crippen LogP contribution in [0.25, 0.3) is 11.2 Å². The van der Waals surface area contributed by atoms with E-state index in [1.807, 2.05) is 41.3 Å². The number of amides is 1. The molecule has 0 atom stereocenters. The van der Waals surface area contributed by atoms with Gasteiger partial charge in [-0.05, 0) is 95.1 Å². The number of aryl methyl sites for hydroxylation is 1. The van der Waals surface area contributed by atoms with E-state index in [0.717, 1.165) is 75.1 Å². The highest BCUT2D eigenvalue weighted by atomic mass is 16.2. The Balaban J connectivity index is 1.61. The molecular weight excluding hydrogens is 488 g/mol. The van der Waals surface area contributed by atoms with Gasteiger partial charge in [-0.15, -0.1) is 0 Å². The van der Waals surface area contributed by atoms with E-state index in [4.69, 9.17) is 9.97 Å². The van der Waals surface area contributed by atoms with Gasteiger partial charge in [0, 0.05) is 30.9 Å². The summed E-state index contributed by atoms with van der Waals surface area (Å²) in [6, 6.07) is 11.2. The van der Waals surface area contributed by atoms with Crippen molar-refractivity contribution < 1.29 is 9.59 Å². The lowest BCUT2D eigenvalue weighted by Crippen LogP contribution is -2.33. The number of pyridine rings is 1. The molecule has 1 fully saturated rings. The van der Waals surface area contributed by atoms with Gasteiger partial charge in [-0.3, -0.25) is 14.2 Å². The average molecular weight is 533 g/mol. The van der Waals surface area contributed by atoms with Crippen LogP contribution in [-0.2, 0) is 6.54 Å². The Kier molecular flexibility index (Phi) is 10.5. The number of Topliss-reactive ketones (excluding diaryl/α,β-unsaturated/α-hetero) is 1. The van der Waals surface area contributed by atoms with Crippen LogP contribution < -0.4 is 5.32 Å². The zero-order valence-corrected chi connectivity index (χ0v) is 23.9. The number of piperidine rings is 1. The van der Waals surface area contributed by atoms with E-state index in [-0.39, 0.29) is 11.7 Å². The molecule has 1 aliphatic rings. The molecule has 1 aliphatic heterocycles. The first-order valence-corrected chi connectivity index (χ1v) is 14.8. The summed E-state index contributed by atoms with van der Waals surface area (Å²) in [7, 11) is 0. The van der Waals surface area contributed by atoms with Gasteiger partial charge < -0.3 is 15.1 Å². The molecule has 8 nitrogen and oxygen atoms in total. The Morgan fingerprint density at radius 2 is 1.56 bits per heavy atom. The molecule has 1 saturated heterocycles. The number of unbranched alkanes of at least 4 members (excludes halogenated alkanes) is 2. The SMILES string of the molecule is CCCCN(CCCC)C(=O)c1ccc2nc(Nc3ccc(C(C)=O)cc3)n(CCCN3CCCCC3)c2n1. The van der Waals surface area contributed by atoms with E-state index in [1.165, 1.54) is 32.4 Å². The maximum absolute atomic E-state index is 13.5. The zero-order valence-electron chi connectivity index (χ0n) is 23.9. The number of benzene rings is 1. The zero-order chi connectivity index (χ0) is 27.6. The molecule has 0 aliphatic carbocycles. The number of imidazole rings is 1. The standard InChI is InChI=1S/C31H44N6O2/c1-4-6-21-36(22-7-5-2)30(39)28-17-16-27-29(33-28)37(23-11-20-35-18-9-8-10-19-35)31(34-27)32-26-14-12-25(13-15-26)24(3)38/h12-17H,4-11,18-23H2,1-3H3,(H,32,34). The largest absolute Gasteiger partial charge is 0.337 e. The fraction of sp³-hybridized carbons (Fsp3) is 0.548. The Morgan fingerprint density at radius 1 is 0.872 bits per heavy atom. The minimum atomic E-state index is -0.00537. The number of fused-ring (bicyclic) bond motifs is 1. The summed E-state index contributed by atoms with van der Waals surface area (Å²) < 4.78 is 2.11. The van der Waals surface area contributed by atoms with Crippen molar-refractivity contribution >= 4 is 34.5 Å². The van der Waals surface area contributed by atoms with Crippen LogP contribution in [0.15, 0.2) is 36.4 Å². The van der Waals surface area contributed by atoms with Crippen LogP contribution in [0.1, 0.15) is 93.0 Å². The Morgan fingerprint density at radius 3 is 2.21 bits per heavy atom. The third kappa shape index (κ3) is 7.66. The summed E-state index contributed by atoms with van der Waals surface area (Å²) in [5.74, 6) is 0.735. The molecule has 8 heteroatoms. The Labute approximate surface area is 232 Å². The van der Waals surface area contributed by atoms with Gasteiger partial charge in [0.15, 0.2) is 11.4 Å². The number of carbonyl (C=O) groups is 2. The Hall–Kier alpha value is -3.26. The van der Waals surface area contributed by atoms with Crippen molar-refractivity contribution in [2.24, 2.45) is 0 Å². The van der Waals surface area contributed by atoms with Crippen molar-refractivity contribution in [3.05, 3.63) is 47.7 Å². The van der Waals surface area contributed by atoms with Gasteiger partial charge in [-0.25, -0.2) is 9.97 Å². The first-order chi connectivity index (χ1) is 19.0. The molecular formula is C31H44N6O2. The lowest BCUT2D eigenvalue weighted by molar-refractivity contribution is 0.0745. The molecule has 0 bridgehead atoms. The molecule has 0 saturated carbocycles. The van der Waals surface area contributed by atoms with E-state index in [1.54, 1.807) is 6.92 Å². The molecule has 4 rings (SSSR count). The predicted octanol–water partition coefficient (Wildman–Crippen LogP) is 6.30. The highest BCUT2D eigenvalue weighted by molar-refractivity contribution is 5.95. The van der Waals surface area contributed by atoms with E-state index < -0.39 is 0 Å². The number of rotatable bonds is 14. The summed E-state index contributed by atoms with van der Waals surface area (Å²) in [5.41, 5.74) is 3.50. The van der Waals surface area contributed by atoms with Gasteiger partial charge in [0.05, 0.1) is 0 Å². The number of ketones is 1. The van der Waals surface area contributed by atoms with Gasteiger partial charge in [0.25, 0.3) is 5.91 Å². The molecule has 3 aromatic rings. The first kappa shape index (κ1) is 28.7. The molecule has 1 aromatic carbocycles. The average Bonchev–Trinajstić information content (AvgIpc) is 3.29. The van der Waals surface area contributed by atoms with E-state index in [9.17, 15) is 9.59 Å². The maximum Gasteiger partial charge on any atom is 0.272 e. The lowest BCUT2D eigenvalue weighted by atomic mass is 10.1. The van der Waals surface area contributed by atoms with Crippen LogP contribution in [0, 0.1) is 0 Å². The normalized spacial score (nSPS) is 14.0. The van der Waals surface area contributed by atoms with Crippen molar-refractivity contribution in [1.82, 2.24) is 24.3 Å². The highest BCUT2D eigenvalue weighted by Crippen LogP contribution is 2.24. The number of aromatic nitrogens is 3. The predicted molar refractivity (Wildman–Crippen MR) is 158 cm³/mol. The molecule has 2 aromatic heterocycles. The van der Waals surface area contributed by atoms with Crippen molar-refractivity contribution in [2.45, 2.75) is 78.7 Å². The smallest absolute Gasteiger partial charge is 0.272 e. The van der Waals surface area contributed by atoms with Crippen LogP contribution in [0.2, 0.25) is 0 Å². The quantitative estimate of drug-likeness (QED) is 0.246. The molecule has 210 valence electrons. The number of anilines is 2. The lowest BCUT2D eigenvalue weighted by Gasteiger charge is -2.26. The molecule has 0 spiro atoms. The highest BCUT2D eigenvalue weighted by Gasteiger charge is 2.20. The summed E-state index contributed by atoms with van der Waals surface area (Å²) in [6.45, 7) is 11.5. The minimum absolute atomic E-state index is 0.00537. The van der Waals surface area contributed by atoms with Crippen LogP contribution in [0.3, 0.4) is 0 Å². The first-order valence-electron chi connectivity index (χ1n) is 14.8. The van der Waals surface area contributed by atoms with Crippen molar-refractivity contribution in [1.29, 1.82) is 0 Å². The molecule has 3 heterocycles. The van der Waals surface area contributed by atoms with Gasteiger partial charge in [-0.1, -0.05) is 33.1 Å². The fourth-order valence-corrected chi connectivity index (χ4v) is 5.16. The van der Waals surface area contributed by atoms with Crippen molar-refractivity contribution in [2.75, 3.05) is 38.0 Å². The van der Waals surface area contributed by atoms with E-state index >= 15 is 0 Å². The number of hydrogen-bond acceptors (Lipinski definition) is 6. The second-order valence-electron chi connectivity index (χ2n) is 10.6. The van der Waals surface area contributed by atoms with Gasteiger partial charge in [0.2, 0.25) is 5.95 Å². The van der Waals surface area contributed by atoms with Gasteiger partial charge >= 0.3 is 0 Å². The van der Waals surface area contributed by atoms with E-state index in [2.05, 4.69) is 28.6 Å². The third-order valence-electron chi connectivity index (χ3n) is 7.51. The Bertz CT molecular complexity index is 1220. The number of nitrogens with zero attached hydrogens (tertiary/aromatic N) is 5. The van der Waals surface area contributed by atoms with Crippen LogP contribution >= 0.6 is 0 Å². The third-order valence-corrected chi connectivity index (χ3v) is 7.51. The number of nitrogens with one attached hydrogen (secondary N) is 1. The van der Waals surface area contributed by atoms with Crippen molar-refractivity contribution in [3.8, 4) is 0 Å². The number of carbonyl (C=O) groups excluding carboxylic acids is 2. The van der Waals surface area contributed by atoms with Gasteiger partial charge in [-0.2, -0.15) is 0 Å². The molecule has 1 amide bonds. The summed E-state index contributed by atoms with van der Waals surface area (Å²) in [6.07, 6.45) is 8.93. The molecule has 39 heavy (non-hydrogen) atoms. The molecule has 1 N–H and O–H groups in total. The fourth-order valence-electron chi connectivity index (χ4n) is 5.16. The number of hydrogen-bond donors (Lipinski definition) is 1. The summed E-state index contributed by atoms with van der Waals surface area (Å²) in [4.78, 5) is 39.4. The second-order valence-corrected chi connectivity index (χ2v) is 10.6. The maximum atomic E-state index is 13.5. The topological polar surface area (TPSA) is 83.4 Å². The molecule has 0 radical (unpaired) electrons. The second kappa shape index (κ2) is 14.2. The van der Waals surface area contributed by atoms with E-state index in [0.29, 0.717) is 17.2 Å². The molecule has 0 unspecified atom stereocenters. The van der Waals surface area contributed by atoms with Crippen LogP contribution in [-0.4, -0.2) is 68.7 Å². The van der Waals surface area contributed by atoms with Gasteiger partial charge in [0.1, 0.15) is 11.2 Å². The van der Waals surface area contributed by atoms with Crippen molar-refractivity contribution in [3.63, 3.8) is 0 Å². The van der Waals surface area contributed by atoms with Crippen LogP contribution in [0.4, 0.5) is 11.6 Å². The number of likely N-dealkylation sites (tertiary alicyclic amines) is 1. The monoisotopic (exact) mass is 532 g/mol. The van der Waals surface area contributed by atoms with Crippen LogP contribution in [0.5, 0.6) is 0 Å². The minimum Gasteiger partial charge on any atom is -0.337 e. The summed E-state index contributed by atoms with van der Waals surface area (Å²) >= 11 is 0.